The Bertz CT molecular complexity index is 1190. The second-order valence-electron chi connectivity index (χ2n) is 7.23. The highest BCUT2D eigenvalue weighted by molar-refractivity contribution is 6.35. The van der Waals surface area contributed by atoms with Crippen LogP contribution in [0.25, 0.3) is 22.8 Å². The minimum atomic E-state index is -0.126. The van der Waals surface area contributed by atoms with E-state index < -0.39 is 0 Å². The van der Waals surface area contributed by atoms with E-state index in [9.17, 15) is 9.59 Å². The van der Waals surface area contributed by atoms with Crippen molar-refractivity contribution in [2.24, 2.45) is 0 Å². The molecular weight excluding hydrogens is 376 g/mol. The average molecular weight is 398 g/mol. The van der Waals surface area contributed by atoms with Gasteiger partial charge in [-0.25, -0.2) is 0 Å². The van der Waals surface area contributed by atoms with Crippen molar-refractivity contribution in [2.45, 2.75) is 13.8 Å². The van der Waals surface area contributed by atoms with Gasteiger partial charge >= 0.3 is 0 Å². The van der Waals surface area contributed by atoms with Gasteiger partial charge in [0.05, 0.1) is 7.11 Å². The molecule has 0 saturated heterocycles. The van der Waals surface area contributed by atoms with Crippen molar-refractivity contribution >= 4 is 34.8 Å². The smallest absolute Gasteiger partial charge is 0.256 e. The third-order valence-corrected chi connectivity index (χ3v) is 5.09. The first-order valence-corrected chi connectivity index (χ1v) is 9.65. The van der Waals surface area contributed by atoms with Crippen LogP contribution in [0.3, 0.4) is 0 Å². The Labute approximate surface area is 175 Å². The van der Waals surface area contributed by atoms with E-state index in [0.717, 1.165) is 39.3 Å². The van der Waals surface area contributed by atoms with Crippen LogP contribution in [0.5, 0.6) is 5.75 Å². The Hall–Kier alpha value is -3.86. The lowest BCUT2D eigenvalue weighted by molar-refractivity contribution is -0.114. The molecule has 0 fully saturated rings. The van der Waals surface area contributed by atoms with Gasteiger partial charge < -0.3 is 15.4 Å². The molecule has 0 radical (unpaired) electrons. The number of para-hydroxylation sites is 1. The van der Waals surface area contributed by atoms with Gasteiger partial charge in [-0.15, -0.1) is 0 Å². The molecule has 5 heteroatoms. The first-order valence-electron chi connectivity index (χ1n) is 9.65. The molecule has 4 rings (SSSR count). The van der Waals surface area contributed by atoms with E-state index in [4.69, 9.17) is 4.74 Å². The summed E-state index contributed by atoms with van der Waals surface area (Å²) in [6.45, 7) is 3.47. The van der Waals surface area contributed by atoms with Gasteiger partial charge in [0, 0.05) is 35.0 Å². The van der Waals surface area contributed by atoms with Gasteiger partial charge in [-0.2, -0.15) is 0 Å². The number of methoxy groups -OCH3 is 1. The molecule has 3 aromatic rings. The number of anilines is 2. The zero-order valence-corrected chi connectivity index (χ0v) is 17.1. The molecule has 150 valence electrons. The van der Waals surface area contributed by atoms with Crippen LogP contribution in [0.2, 0.25) is 0 Å². The molecule has 0 aliphatic carbocycles. The zero-order chi connectivity index (χ0) is 21.3. The molecule has 5 nitrogen and oxygen atoms in total. The monoisotopic (exact) mass is 398 g/mol. The summed E-state index contributed by atoms with van der Waals surface area (Å²) >= 11 is 0. The lowest BCUT2D eigenvalue weighted by Gasteiger charge is -2.14. The van der Waals surface area contributed by atoms with Gasteiger partial charge in [-0.1, -0.05) is 30.3 Å². The SMILES string of the molecule is COc1cc(C)c(C=C2C(=O)Nc3ccccc32)cc1-c1cccc(NC(C)=O)c1. The number of carbonyl (C=O) groups is 2. The highest BCUT2D eigenvalue weighted by Crippen LogP contribution is 2.37. The summed E-state index contributed by atoms with van der Waals surface area (Å²) in [5.74, 6) is 0.492. The standard InChI is InChI=1S/C25H22N2O3/c1-15-11-24(30-3)21(17-7-6-8-19(12-17)26-16(2)28)13-18(15)14-22-20-9-4-5-10-23(20)27-25(22)29/h4-14H,1-3H3,(H,26,28)(H,27,29). The topological polar surface area (TPSA) is 67.4 Å². The highest BCUT2D eigenvalue weighted by atomic mass is 16.5. The second kappa shape index (κ2) is 7.87. The zero-order valence-electron chi connectivity index (χ0n) is 17.1. The molecule has 0 bridgehead atoms. The fourth-order valence-corrected chi connectivity index (χ4v) is 3.65. The van der Waals surface area contributed by atoms with Crippen molar-refractivity contribution in [3.05, 3.63) is 77.4 Å². The maximum Gasteiger partial charge on any atom is 0.256 e. The van der Waals surface area contributed by atoms with Crippen LogP contribution in [0.1, 0.15) is 23.6 Å². The predicted molar refractivity (Wildman–Crippen MR) is 120 cm³/mol. The summed E-state index contributed by atoms with van der Waals surface area (Å²) in [5.41, 5.74) is 6.79. The summed E-state index contributed by atoms with van der Waals surface area (Å²) < 4.78 is 5.62. The van der Waals surface area contributed by atoms with E-state index in [-0.39, 0.29) is 11.8 Å². The second-order valence-corrected chi connectivity index (χ2v) is 7.23. The molecule has 0 spiro atoms. The number of hydrogen-bond donors (Lipinski definition) is 2. The summed E-state index contributed by atoms with van der Waals surface area (Å²) in [5, 5.41) is 5.72. The van der Waals surface area contributed by atoms with Gasteiger partial charge in [0.1, 0.15) is 5.75 Å². The maximum absolute atomic E-state index is 12.5. The molecule has 3 aromatic carbocycles. The van der Waals surface area contributed by atoms with Crippen molar-refractivity contribution in [3.63, 3.8) is 0 Å². The number of hydrogen-bond acceptors (Lipinski definition) is 3. The molecule has 0 atom stereocenters. The Morgan fingerprint density at radius 2 is 1.83 bits per heavy atom. The van der Waals surface area contributed by atoms with Crippen molar-refractivity contribution in [3.8, 4) is 16.9 Å². The summed E-state index contributed by atoms with van der Waals surface area (Å²) in [6, 6.07) is 19.2. The number of rotatable bonds is 4. The van der Waals surface area contributed by atoms with Gasteiger partial charge in [0.2, 0.25) is 5.91 Å². The van der Waals surface area contributed by atoms with Crippen molar-refractivity contribution < 1.29 is 14.3 Å². The number of amides is 2. The van der Waals surface area contributed by atoms with Gasteiger partial charge in [0.15, 0.2) is 0 Å². The maximum atomic E-state index is 12.5. The molecule has 2 amide bonds. The molecule has 0 unspecified atom stereocenters. The first kappa shape index (κ1) is 19.5. The summed E-state index contributed by atoms with van der Waals surface area (Å²) in [6.07, 6.45) is 1.91. The molecular formula is C25H22N2O3. The molecule has 1 heterocycles. The third-order valence-electron chi connectivity index (χ3n) is 5.09. The van der Waals surface area contributed by atoms with Crippen LogP contribution in [-0.2, 0) is 9.59 Å². The lowest BCUT2D eigenvalue weighted by Crippen LogP contribution is -2.05. The Balaban J connectivity index is 1.83. The van der Waals surface area contributed by atoms with Gasteiger partial charge in [-0.05, 0) is 60.0 Å². The number of aryl methyl sites for hydroxylation is 1. The van der Waals surface area contributed by atoms with E-state index in [0.29, 0.717) is 11.3 Å². The molecule has 0 saturated carbocycles. The fourth-order valence-electron chi connectivity index (χ4n) is 3.65. The molecule has 30 heavy (non-hydrogen) atoms. The Kier molecular flexibility index (Phi) is 5.11. The van der Waals surface area contributed by atoms with Crippen molar-refractivity contribution in [2.75, 3.05) is 17.7 Å². The third kappa shape index (κ3) is 3.70. The minimum Gasteiger partial charge on any atom is -0.496 e. The summed E-state index contributed by atoms with van der Waals surface area (Å²) in [4.78, 5) is 24.0. The Morgan fingerprint density at radius 1 is 1.03 bits per heavy atom. The van der Waals surface area contributed by atoms with E-state index in [1.54, 1.807) is 7.11 Å². The predicted octanol–water partition coefficient (Wildman–Crippen LogP) is 5.12. The van der Waals surface area contributed by atoms with Crippen LogP contribution >= 0.6 is 0 Å². The van der Waals surface area contributed by atoms with E-state index >= 15 is 0 Å². The summed E-state index contributed by atoms with van der Waals surface area (Å²) in [7, 11) is 1.63. The molecule has 1 aliphatic rings. The Morgan fingerprint density at radius 3 is 2.60 bits per heavy atom. The first-order chi connectivity index (χ1) is 14.5. The fraction of sp³-hybridized carbons (Fsp3) is 0.120. The van der Waals surface area contributed by atoms with Crippen LogP contribution in [0.4, 0.5) is 11.4 Å². The van der Waals surface area contributed by atoms with Crippen LogP contribution in [0.15, 0.2) is 60.7 Å². The largest absolute Gasteiger partial charge is 0.496 e. The minimum absolute atomic E-state index is 0.111. The van der Waals surface area contributed by atoms with Crippen LogP contribution in [-0.4, -0.2) is 18.9 Å². The molecule has 2 N–H and O–H groups in total. The number of carbonyl (C=O) groups excluding carboxylic acids is 2. The number of benzene rings is 3. The quantitative estimate of drug-likeness (QED) is 0.599. The van der Waals surface area contributed by atoms with Gasteiger partial charge in [0.25, 0.3) is 5.91 Å². The van der Waals surface area contributed by atoms with Crippen molar-refractivity contribution in [1.29, 1.82) is 0 Å². The van der Waals surface area contributed by atoms with Crippen molar-refractivity contribution in [1.82, 2.24) is 0 Å². The lowest BCUT2D eigenvalue weighted by atomic mass is 9.95. The average Bonchev–Trinajstić information content (AvgIpc) is 3.04. The molecule has 0 aromatic heterocycles. The van der Waals surface area contributed by atoms with Gasteiger partial charge in [-0.3, -0.25) is 9.59 Å². The van der Waals surface area contributed by atoms with E-state index in [2.05, 4.69) is 10.6 Å². The normalized spacial score (nSPS) is 13.7. The number of nitrogens with one attached hydrogen (secondary N) is 2. The van der Waals surface area contributed by atoms with Crippen LogP contribution < -0.4 is 15.4 Å². The van der Waals surface area contributed by atoms with E-state index in [1.807, 2.05) is 73.7 Å². The van der Waals surface area contributed by atoms with E-state index in [1.165, 1.54) is 6.92 Å². The molecule has 1 aliphatic heterocycles. The van der Waals surface area contributed by atoms with Crippen LogP contribution in [0, 0.1) is 6.92 Å². The number of fused-ring (bicyclic) bond motifs is 1. The number of ether oxygens (including phenoxy) is 1. The highest BCUT2D eigenvalue weighted by Gasteiger charge is 2.23.